The van der Waals surface area contributed by atoms with Crippen LogP contribution < -0.4 is 0 Å². The lowest BCUT2D eigenvalue weighted by molar-refractivity contribution is 0.248. The number of hydrogen-bond acceptors (Lipinski definition) is 4. The Morgan fingerprint density at radius 1 is 1.32 bits per heavy atom. The molecule has 2 rings (SSSR count). The highest BCUT2D eigenvalue weighted by atomic mass is 32.2. The van der Waals surface area contributed by atoms with Gasteiger partial charge < -0.3 is 0 Å². The van der Waals surface area contributed by atoms with E-state index in [1.54, 1.807) is 36.4 Å². The summed E-state index contributed by atoms with van der Waals surface area (Å²) in [6.45, 7) is 2.22. The maximum absolute atomic E-state index is 12.5. The van der Waals surface area contributed by atoms with Gasteiger partial charge in [-0.25, -0.2) is 18.2 Å². The van der Waals surface area contributed by atoms with Crippen LogP contribution in [0.25, 0.3) is 0 Å². The molecule has 19 heavy (non-hydrogen) atoms. The van der Waals surface area contributed by atoms with Crippen molar-refractivity contribution in [3.05, 3.63) is 30.3 Å². The van der Waals surface area contributed by atoms with Gasteiger partial charge in [-0.3, -0.25) is 0 Å². The topological polar surface area (TPSA) is 66.8 Å². The summed E-state index contributed by atoms with van der Waals surface area (Å²) >= 11 is 0. The third kappa shape index (κ3) is 2.92. The number of isocyanates is 1. The Bertz CT molecular complexity index is 579. The predicted molar refractivity (Wildman–Crippen MR) is 70.9 cm³/mol. The van der Waals surface area contributed by atoms with Crippen molar-refractivity contribution in [1.82, 2.24) is 4.31 Å². The molecular weight excluding hydrogens is 264 g/mol. The Kier molecular flexibility index (Phi) is 4.14. The Balaban J connectivity index is 2.21. The second kappa shape index (κ2) is 5.65. The Labute approximate surface area is 113 Å². The zero-order valence-electron chi connectivity index (χ0n) is 10.7. The maximum Gasteiger partial charge on any atom is 0.243 e. The summed E-state index contributed by atoms with van der Waals surface area (Å²) in [5, 5.41) is 0. The second-order valence-electron chi connectivity index (χ2n) is 4.68. The van der Waals surface area contributed by atoms with E-state index in [1.165, 1.54) is 4.31 Å². The van der Waals surface area contributed by atoms with Crippen LogP contribution in [0.5, 0.6) is 0 Å². The molecule has 5 nitrogen and oxygen atoms in total. The summed E-state index contributed by atoms with van der Waals surface area (Å²) in [5.74, 6) is 0. The monoisotopic (exact) mass is 280 g/mol. The van der Waals surface area contributed by atoms with E-state index < -0.39 is 10.0 Å². The predicted octanol–water partition coefficient (Wildman–Crippen LogP) is 1.56. The molecular formula is C13H16N2O3S. The fourth-order valence-electron chi connectivity index (χ4n) is 2.40. The van der Waals surface area contributed by atoms with Gasteiger partial charge in [-0.05, 0) is 31.9 Å². The SMILES string of the molecule is CC1CC(N=C=O)CCN1S(=O)(=O)c1ccccc1. The Morgan fingerprint density at radius 3 is 2.58 bits per heavy atom. The zero-order valence-corrected chi connectivity index (χ0v) is 11.5. The molecule has 1 aromatic carbocycles. The maximum atomic E-state index is 12.5. The van der Waals surface area contributed by atoms with Crippen molar-refractivity contribution in [3.63, 3.8) is 0 Å². The number of rotatable bonds is 3. The van der Waals surface area contributed by atoms with Gasteiger partial charge in [0.15, 0.2) is 0 Å². The summed E-state index contributed by atoms with van der Waals surface area (Å²) in [5.41, 5.74) is 0. The van der Waals surface area contributed by atoms with Crippen LogP contribution in [0.3, 0.4) is 0 Å². The van der Waals surface area contributed by atoms with Crippen molar-refractivity contribution in [1.29, 1.82) is 0 Å². The first-order valence-electron chi connectivity index (χ1n) is 6.19. The van der Waals surface area contributed by atoms with E-state index in [9.17, 15) is 13.2 Å². The number of hydrogen-bond donors (Lipinski definition) is 0. The van der Waals surface area contributed by atoms with Gasteiger partial charge in [0.1, 0.15) is 0 Å². The minimum absolute atomic E-state index is 0.116. The van der Waals surface area contributed by atoms with E-state index in [4.69, 9.17) is 0 Å². The molecule has 0 aromatic heterocycles. The van der Waals surface area contributed by atoms with E-state index in [1.807, 2.05) is 6.92 Å². The molecule has 2 unspecified atom stereocenters. The zero-order chi connectivity index (χ0) is 13.9. The van der Waals surface area contributed by atoms with Crippen LogP contribution in [0.4, 0.5) is 0 Å². The average Bonchev–Trinajstić information content (AvgIpc) is 2.40. The van der Waals surface area contributed by atoms with Crippen LogP contribution >= 0.6 is 0 Å². The van der Waals surface area contributed by atoms with Crippen LogP contribution in [0.2, 0.25) is 0 Å². The van der Waals surface area contributed by atoms with E-state index >= 15 is 0 Å². The number of nitrogens with zero attached hydrogens (tertiary/aromatic N) is 2. The molecule has 1 heterocycles. The number of piperidine rings is 1. The smallest absolute Gasteiger partial charge is 0.211 e. The van der Waals surface area contributed by atoms with E-state index in [2.05, 4.69) is 4.99 Å². The summed E-state index contributed by atoms with van der Waals surface area (Å²) in [4.78, 5) is 14.3. The molecule has 0 saturated carbocycles. The molecule has 0 spiro atoms. The molecule has 0 amide bonds. The first-order valence-corrected chi connectivity index (χ1v) is 7.63. The van der Waals surface area contributed by atoms with Gasteiger partial charge in [-0.15, -0.1) is 0 Å². The van der Waals surface area contributed by atoms with Crippen molar-refractivity contribution in [2.24, 2.45) is 4.99 Å². The summed E-state index contributed by atoms with van der Waals surface area (Å²) < 4.78 is 26.4. The summed E-state index contributed by atoms with van der Waals surface area (Å²) in [6.07, 6.45) is 2.67. The van der Waals surface area contributed by atoms with Crippen LogP contribution in [-0.2, 0) is 14.8 Å². The fraction of sp³-hybridized carbons (Fsp3) is 0.462. The van der Waals surface area contributed by atoms with Crippen LogP contribution in [-0.4, -0.2) is 37.4 Å². The molecule has 6 heteroatoms. The van der Waals surface area contributed by atoms with Gasteiger partial charge >= 0.3 is 0 Å². The van der Waals surface area contributed by atoms with E-state index in [-0.39, 0.29) is 12.1 Å². The molecule has 0 N–H and O–H groups in total. The van der Waals surface area contributed by atoms with Gasteiger partial charge in [-0.1, -0.05) is 18.2 Å². The molecule has 102 valence electrons. The molecule has 1 fully saturated rings. The Hall–Kier alpha value is -1.49. The minimum atomic E-state index is -3.46. The average molecular weight is 280 g/mol. The third-order valence-electron chi connectivity index (χ3n) is 3.37. The minimum Gasteiger partial charge on any atom is -0.211 e. The first kappa shape index (κ1) is 13.9. The third-order valence-corrected chi connectivity index (χ3v) is 5.40. The number of benzene rings is 1. The van der Waals surface area contributed by atoms with Crippen LogP contribution in [0, 0.1) is 0 Å². The highest BCUT2D eigenvalue weighted by Crippen LogP contribution is 2.26. The molecule has 1 aliphatic rings. The lowest BCUT2D eigenvalue weighted by Crippen LogP contribution is -2.45. The normalized spacial score (nSPS) is 24.7. The van der Waals surface area contributed by atoms with Crippen molar-refractivity contribution in [2.45, 2.75) is 36.7 Å². The summed E-state index contributed by atoms with van der Waals surface area (Å²) in [6, 6.07) is 8.11. The molecule has 1 saturated heterocycles. The largest absolute Gasteiger partial charge is 0.243 e. The molecule has 1 aromatic rings. The highest BCUT2D eigenvalue weighted by molar-refractivity contribution is 7.89. The molecule has 2 atom stereocenters. The lowest BCUT2D eigenvalue weighted by Gasteiger charge is -2.34. The molecule has 0 radical (unpaired) electrons. The Morgan fingerprint density at radius 2 is 2.00 bits per heavy atom. The first-order chi connectivity index (χ1) is 9.05. The van der Waals surface area contributed by atoms with Crippen LogP contribution in [0.15, 0.2) is 40.2 Å². The van der Waals surface area contributed by atoms with Gasteiger partial charge in [0.05, 0.1) is 10.9 Å². The second-order valence-corrected chi connectivity index (χ2v) is 6.57. The van der Waals surface area contributed by atoms with Crippen molar-refractivity contribution < 1.29 is 13.2 Å². The van der Waals surface area contributed by atoms with Gasteiger partial charge in [0.2, 0.25) is 16.1 Å². The quantitative estimate of drug-likeness (QED) is 0.623. The van der Waals surface area contributed by atoms with Gasteiger partial charge in [0, 0.05) is 12.6 Å². The lowest BCUT2D eigenvalue weighted by atomic mass is 10.0. The van der Waals surface area contributed by atoms with Gasteiger partial charge in [-0.2, -0.15) is 4.31 Å². The summed E-state index contributed by atoms with van der Waals surface area (Å²) in [7, 11) is -3.46. The number of carbonyl (C=O) groups excluding carboxylic acids is 1. The van der Waals surface area contributed by atoms with Gasteiger partial charge in [0.25, 0.3) is 0 Å². The fourth-order valence-corrected chi connectivity index (χ4v) is 4.08. The molecule has 0 aliphatic carbocycles. The molecule has 1 aliphatic heterocycles. The van der Waals surface area contributed by atoms with Crippen molar-refractivity contribution >= 4 is 16.1 Å². The highest BCUT2D eigenvalue weighted by Gasteiger charge is 2.34. The van der Waals surface area contributed by atoms with Crippen LogP contribution in [0.1, 0.15) is 19.8 Å². The van der Waals surface area contributed by atoms with E-state index in [0.29, 0.717) is 24.3 Å². The number of aliphatic imine (C=N–C) groups is 1. The standard InChI is InChI=1S/C13H16N2O3S/c1-11-9-12(14-10-16)7-8-15(11)19(17,18)13-5-3-2-4-6-13/h2-6,11-12H,7-9H2,1H3. The number of sulfonamides is 1. The van der Waals surface area contributed by atoms with Crippen molar-refractivity contribution in [2.75, 3.05) is 6.54 Å². The molecule has 0 bridgehead atoms. The van der Waals surface area contributed by atoms with Crippen molar-refractivity contribution in [3.8, 4) is 0 Å². The van der Waals surface area contributed by atoms with E-state index in [0.717, 1.165) is 0 Å².